The average molecular weight is 370 g/mol. The van der Waals surface area contributed by atoms with Gasteiger partial charge in [-0.25, -0.2) is 14.8 Å². The number of halogens is 1. The molecule has 3 rings (SSSR count). The second-order valence-electron chi connectivity index (χ2n) is 5.31. The van der Waals surface area contributed by atoms with Gasteiger partial charge in [0, 0.05) is 25.0 Å². The number of carbonyl (C=O) groups is 1. The first kappa shape index (κ1) is 17.6. The predicted molar refractivity (Wildman–Crippen MR) is 99.7 cm³/mol. The Bertz CT molecular complexity index is 905. The van der Waals surface area contributed by atoms with Crippen LogP contribution in [0.5, 0.6) is 0 Å². The average Bonchev–Trinajstić information content (AvgIpc) is 2.68. The standard InChI is InChI=1S/C18H16ClN5O2/c1-26-18(25)13-4-5-14(19)15(7-13)24-17-8-16(22-11-23-17)21-10-12-3-2-6-20-9-12/h2-9,11H,10H2,1H3,(H2,21,22,23,24). The zero-order chi connectivity index (χ0) is 18.4. The molecule has 1 aromatic carbocycles. The van der Waals surface area contributed by atoms with Gasteiger partial charge in [0.05, 0.1) is 23.4 Å². The smallest absolute Gasteiger partial charge is 0.337 e. The summed E-state index contributed by atoms with van der Waals surface area (Å²) in [5.41, 5.74) is 1.98. The summed E-state index contributed by atoms with van der Waals surface area (Å²) in [4.78, 5) is 24.1. The second kappa shape index (κ2) is 8.26. The number of ether oxygens (including phenoxy) is 1. The fourth-order valence-corrected chi connectivity index (χ4v) is 2.39. The van der Waals surface area contributed by atoms with Crippen molar-refractivity contribution in [3.8, 4) is 0 Å². The lowest BCUT2D eigenvalue weighted by Gasteiger charge is -2.11. The van der Waals surface area contributed by atoms with E-state index in [9.17, 15) is 4.79 Å². The van der Waals surface area contributed by atoms with Crippen LogP contribution in [0.3, 0.4) is 0 Å². The molecule has 2 aromatic heterocycles. The molecule has 7 nitrogen and oxygen atoms in total. The zero-order valence-electron chi connectivity index (χ0n) is 13.9. The van der Waals surface area contributed by atoms with Crippen molar-refractivity contribution in [3.63, 3.8) is 0 Å². The lowest BCUT2D eigenvalue weighted by Crippen LogP contribution is -2.04. The van der Waals surface area contributed by atoms with Crippen molar-refractivity contribution in [1.29, 1.82) is 0 Å². The number of aromatic nitrogens is 3. The van der Waals surface area contributed by atoms with E-state index in [1.807, 2.05) is 12.1 Å². The summed E-state index contributed by atoms with van der Waals surface area (Å²) in [5, 5.41) is 6.75. The number of pyridine rings is 1. The number of hydrogen-bond acceptors (Lipinski definition) is 7. The molecule has 8 heteroatoms. The molecule has 3 aromatic rings. The molecule has 0 unspecified atom stereocenters. The van der Waals surface area contributed by atoms with Gasteiger partial charge in [0.15, 0.2) is 0 Å². The highest BCUT2D eigenvalue weighted by Crippen LogP contribution is 2.26. The van der Waals surface area contributed by atoms with E-state index in [-0.39, 0.29) is 0 Å². The van der Waals surface area contributed by atoms with Gasteiger partial charge in [0.25, 0.3) is 0 Å². The molecule has 0 atom stereocenters. The Morgan fingerprint density at radius 3 is 2.81 bits per heavy atom. The van der Waals surface area contributed by atoms with Crippen LogP contribution in [0, 0.1) is 0 Å². The number of hydrogen-bond donors (Lipinski definition) is 2. The van der Waals surface area contributed by atoms with Crippen molar-refractivity contribution in [2.45, 2.75) is 6.54 Å². The molecule has 0 aliphatic heterocycles. The Labute approximate surface area is 155 Å². The van der Waals surface area contributed by atoms with Gasteiger partial charge in [0.2, 0.25) is 0 Å². The number of methoxy groups -OCH3 is 1. The summed E-state index contributed by atoms with van der Waals surface area (Å²) in [6.07, 6.45) is 4.94. The summed E-state index contributed by atoms with van der Waals surface area (Å²) in [5.74, 6) is 0.746. The Balaban J connectivity index is 1.73. The first-order valence-electron chi connectivity index (χ1n) is 7.75. The molecule has 132 valence electrons. The van der Waals surface area contributed by atoms with Gasteiger partial charge in [0.1, 0.15) is 18.0 Å². The topological polar surface area (TPSA) is 89.0 Å². The molecule has 2 heterocycles. The molecule has 0 saturated carbocycles. The maximum atomic E-state index is 11.7. The quantitative estimate of drug-likeness (QED) is 0.641. The highest BCUT2D eigenvalue weighted by molar-refractivity contribution is 6.33. The van der Waals surface area contributed by atoms with Crippen LogP contribution in [0.15, 0.2) is 55.1 Å². The van der Waals surface area contributed by atoms with Crippen molar-refractivity contribution >= 4 is 34.9 Å². The third kappa shape index (κ3) is 4.46. The van der Waals surface area contributed by atoms with E-state index in [0.29, 0.717) is 34.5 Å². The van der Waals surface area contributed by atoms with Crippen LogP contribution in [0.25, 0.3) is 0 Å². The van der Waals surface area contributed by atoms with Crippen LogP contribution in [0.2, 0.25) is 5.02 Å². The highest BCUT2D eigenvalue weighted by Gasteiger charge is 2.10. The van der Waals surface area contributed by atoms with Crippen LogP contribution < -0.4 is 10.6 Å². The van der Waals surface area contributed by atoms with Gasteiger partial charge < -0.3 is 15.4 Å². The van der Waals surface area contributed by atoms with Crippen molar-refractivity contribution < 1.29 is 9.53 Å². The summed E-state index contributed by atoms with van der Waals surface area (Å²) in [6.45, 7) is 0.586. The van der Waals surface area contributed by atoms with Gasteiger partial charge in [-0.05, 0) is 29.8 Å². The fourth-order valence-electron chi connectivity index (χ4n) is 2.22. The molecule has 0 bridgehead atoms. The van der Waals surface area contributed by atoms with Crippen molar-refractivity contribution in [1.82, 2.24) is 15.0 Å². The first-order chi connectivity index (χ1) is 12.7. The van der Waals surface area contributed by atoms with Gasteiger partial charge >= 0.3 is 5.97 Å². The molecule has 0 saturated heterocycles. The third-order valence-electron chi connectivity index (χ3n) is 3.51. The number of benzene rings is 1. The number of esters is 1. The van der Waals surface area contributed by atoms with Crippen molar-refractivity contribution in [2.24, 2.45) is 0 Å². The normalized spacial score (nSPS) is 10.2. The Hall–Kier alpha value is -3.19. The number of rotatable bonds is 6. The monoisotopic (exact) mass is 369 g/mol. The largest absolute Gasteiger partial charge is 0.465 e. The molecular formula is C18H16ClN5O2. The van der Waals surface area contributed by atoms with E-state index in [0.717, 1.165) is 5.56 Å². The maximum absolute atomic E-state index is 11.7. The Kier molecular flexibility index (Phi) is 5.60. The minimum atomic E-state index is -0.439. The van der Waals surface area contributed by atoms with Gasteiger partial charge in [-0.2, -0.15) is 0 Å². The van der Waals surface area contributed by atoms with Crippen LogP contribution in [0.4, 0.5) is 17.3 Å². The van der Waals surface area contributed by atoms with Gasteiger partial charge in [-0.15, -0.1) is 0 Å². The Morgan fingerprint density at radius 1 is 1.19 bits per heavy atom. The van der Waals surface area contributed by atoms with E-state index in [4.69, 9.17) is 16.3 Å². The minimum absolute atomic E-state index is 0.392. The fraction of sp³-hybridized carbons (Fsp3) is 0.111. The lowest BCUT2D eigenvalue weighted by molar-refractivity contribution is 0.0601. The summed E-state index contributed by atoms with van der Waals surface area (Å²) < 4.78 is 4.72. The molecule has 2 N–H and O–H groups in total. The van der Waals surface area contributed by atoms with E-state index >= 15 is 0 Å². The SMILES string of the molecule is COC(=O)c1ccc(Cl)c(Nc2cc(NCc3cccnc3)ncn2)c1. The number of anilines is 3. The molecule has 0 aliphatic carbocycles. The third-order valence-corrected chi connectivity index (χ3v) is 3.84. The van der Waals surface area contributed by atoms with E-state index in [1.165, 1.54) is 13.4 Å². The molecule has 26 heavy (non-hydrogen) atoms. The van der Waals surface area contributed by atoms with Crippen molar-refractivity contribution in [3.05, 3.63) is 71.3 Å². The zero-order valence-corrected chi connectivity index (χ0v) is 14.7. The first-order valence-corrected chi connectivity index (χ1v) is 8.13. The van der Waals surface area contributed by atoms with Crippen LogP contribution in [0.1, 0.15) is 15.9 Å². The number of nitrogens with zero attached hydrogens (tertiary/aromatic N) is 3. The van der Waals surface area contributed by atoms with E-state index < -0.39 is 5.97 Å². The summed E-state index contributed by atoms with van der Waals surface area (Å²) in [7, 11) is 1.33. The van der Waals surface area contributed by atoms with Crippen LogP contribution >= 0.6 is 11.6 Å². The predicted octanol–water partition coefficient (Wildman–Crippen LogP) is 3.67. The van der Waals surface area contributed by atoms with Gasteiger partial charge in [-0.1, -0.05) is 17.7 Å². The second-order valence-corrected chi connectivity index (χ2v) is 5.72. The van der Waals surface area contributed by atoms with Crippen LogP contribution in [-0.4, -0.2) is 28.0 Å². The molecular weight excluding hydrogens is 354 g/mol. The highest BCUT2D eigenvalue weighted by atomic mass is 35.5. The molecule has 0 fully saturated rings. The summed E-state index contributed by atoms with van der Waals surface area (Å²) in [6, 6.07) is 10.4. The van der Waals surface area contributed by atoms with E-state index in [2.05, 4.69) is 25.6 Å². The van der Waals surface area contributed by atoms with E-state index in [1.54, 1.807) is 36.7 Å². The molecule has 0 spiro atoms. The maximum Gasteiger partial charge on any atom is 0.337 e. The number of nitrogens with one attached hydrogen (secondary N) is 2. The van der Waals surface area contributed by atoms with Crippen molar-refractivity contribution in [2.75, 3.05) is 17.7 Å². The van der Waals surface area contributed by atoms with Gasteiger partial charge in [-0.3, -0.25) is 4.98 Å². The lowest BCUT2D eigenvalue weighted by atomic mass is 10.2. The summed E-state index contributed by atoms with van der Waals surface area (Å²) >= 11 is 6.19. The number of carbonyl (C=O) groups excluding carboxylic acids is 1. The Morgan fingerprint density at radius 2 is 2.04 bits per heavy atom. The van der Waals surface area contributed by atoms with Crippen LogP contribution in [-0.2, 0) is 11.3 Å². The molecule has 0 radical (unpaired) electrons. The minimum Gasteiger partial charge on any atom is -0.465 e. The molecule has 0 aliphatic rings. The molecule has 0 amide bonds.